The van der Waals surface area contributed by atoms with E-state index in [1.807, 2.05) is 0 Å². The van der Waals surface area contributed by atoms with Gasteiger partial charge < -0.3 is 28.8 Å². The van der Waals surface area contributed by atoms with Crippen molar-refractivity contribution >= 4 is 22.6 Å². The molecule has 2 saturated heterocycles. The predicted molar refractivity (Wildman–Crippen MR) is 136 cm³/mol. The third-order valence-corrected chi connectivity index (χ3v) is 17.1. The maximum absolute atomic E-state index is 11.5. The monoisotopic (exact) mass is 503 g/mol. The highest BCUT2D eigenvalue weighted by Crippen LogP contribution is 2.41. The number of carbonyl (C=O) groups is 1. The van der Waals surface area contributed by atoms with Gasteiger partial charge in [0, 0.05) is 20.0 Å². The molecule has 0 aliphatic carbocycles. The minimum absolute atomic E-state index is 0.0763. The molecule has 2 aliphatic rings. The van der Waals surface area contributed by atoms with Gasteiger partial charge in [-0.15, -0.1) is 0 Å². The molecule has 0 spiro atoms. The number of ether oxygens (including phenoxy) is 3. The Hall–Kier alpha value is -0.296. The Morgan fingerprint density at radius 2 is 1.58 bits per heavy atom. The molecule has 2 heterocycles. The summed E-state index contributed by atoms with van der Waals surface area (Å²) in [6.45, 7) is 24.9. The van der Waals surface area contributed by atoms with Crippen molar-refractivity contribution in [1.82, 2.24) is 0 Å². The van der Waals surface area contributed by atoms with Crippen LogP contribution in [-0.4, -0.2) is 72.4 Å². The zero-order valence-electron chi connectivity index (χ0n) is 22.8. The van der Waals surface area contributed by atoms with Gasteiger partial charge in [0.15, 0.2) is 16.6 Å². The molecule has 194 valence electrons. The maximum atomic E-state index is 11.5. The van der Waals surface area contributed by atoms with Gasteiger partial charge >= 0.3 is 5.97 Å². The Morgan fingerprint density at radius 3 is 2.09 bits per heavy atom. The molecule has 0 aromatic rings. The SMILES string of the molecule is CC(=O)O[C@H]1CO[C@H]2CC(O[Si](C)(C)C(C)(C)C)C(CCO[Si](C)(C)C(C)(C)C)O[C@H]2[C@@H]1N. The lowest BCUT2D eigenvalue weighted by molar-refractivity contribution is -0.231. The molecule has 0 aromatic carbocycles. The van der Waals surface area contributed by atoms with E-state index >= 15 is 0 Å². The number of fused-ring (bicyclic) bond motifs is 1. The van der Waals surface area contributed by atoms with Crippen LogP contribution in [0, 0.1) is 0 Å². The average Bonchev–Trinajstić information content (AvgIpc) is 2.62. The highest BCUT2D eigenvalue weighted by atomic mass is 28.4. The van der Waals surface area contributed by atoms with Crippen LogP contribution in [0.15, 0.2) is 0 Å². The Morgan fingerprint density at radius 1 is 1.00 bits per heavy atom. The fourth-order valence-corrected chi connectivity index (χ4v) is 6.26. The standard InChI is InChI=1S/C24H49NO6Si2/c1-16(26)29-20-15-27-19-14-18(31-33(10,11)24(5,6)7)17(30-22(19)21(20)25)12-13-28-32(8,9)23(2,3)4/h17-22H,12-15,25H2,1-11H3/t17?,18?,19-,20-,21+,22+/m0/s1. The molecular formula is C24H49NO6Si2. The van der Waals surface area contributed by atoms with E-state index in [1.165, 1.54) is 6.92 Å². The lowest BCUT2D eigenvalue weighted by atomic mass is 9.89. The minimum Gasteiger partial charge on any atom is -0.458 e. The first kappa shape index (κ1) is 28.9. The first-order chi connectivity index (χ1) is 14.9. The number of hydrogen-bond acceptors (Lipinski definition) is 7. The second-order valence-electron chi connectivity index (χ2n) is 12.8. The summed E-state index contributed by atoms with van der Waals surface area (Å²) in [6, 6.07) is -0.426. The van der Waals surface area contributed by atoms with Crippen LogP contribution < -0.4 is 5.73 Å². The van der Waals surface area contributed by atoms with Gasteiger partial charge in [0.2, 0.25) is 0 Å². The zero-order valence-corrected chi connectivity index (χ0v) is 24.8. The summed E-state index contributed by atoms with van der Waals surface area (Å²) in [7, 11) is -3.88. The Balaban J connectivity index is 2.18. The van der Waals surface area contributed by atoms with Crippen molar-refractivity contribution in [2.24, 2.45) is 5.73 Å². The molecule has 0 amide bonds. The van der Waals surface area contributed by atoms with Crippen molar-refractivity contribution in [3.05, 3.63) is 0 Å². The summed E-state index contributed by atoms with van der Waals surface area (Å²) < 4.78 is 31.4. The van der Waals surface area contributed by atoms with Gasteiger partial charge in [-0.1, -0.05) is 41.5 Å². The van der Waals surface area contributed by atoms with Crippen LogP contribution in [0.5, 0.6) is 0 Å². The Bertz CT molecular complexity index is 673. The summed E-state index contributed by atoms with van der Waals surface area (Å²) in [5.41, 5.74) is 6.50. The topological polar surface area (TPSA) is 89.2 Å². The second-order valence-corrected chi connectivity index (χ2v) is 22.4. The van der Waals surface area contributed by atoms with E-state index in [4.69, 9.17) is 28.8 Å². The molecule has 0 radical (unpaired) electrons. The highest BCUT2D eigenvalue weighted by Gasteiger charge is 2.50. The maximum Gasteiger partial charge on any atom is 0.303 e. The van der Waals surface area contributed by atoms with E-state index in [-0.39, 0.29) is 47.1 Å². The predicted octanol–water partition coefficient (Wildman–Crippen LogP) is 4.60. The number of hydrogen-bond donors (Lipinski definition) is 1. The number of carbonyl (C=O) groups excluding carboxylic acids is 1. The fraction of sp³-hybridized carbons (Fsp3) is 0.958. The summed E-state index contributed by atoms with van der Waals surface area (Å²) in [5.74, 6) is -0.355. The van der Waals surface area contributed by atoms with Crippen LogP contribution in [0.4, 0.5) is 0 Å². The van der Waals surface area contributed by atoms with Crippen molar-refractivity contribution in [3.8, 4) is 0 Å². The molecule has 9 heteroatoms. The second kappa shape index (κ2) is 10.4. The molecule has 2 N–H and O–H groups in total. The van der Waals surface area contributed by atoms with E-state index in [0.717, 1.165) is 12.8 Å². The highest BCUT2D eigenvalue weighted by molar-refractivity contribution is 6.74. The van der Waals surface area contributed by atoms with Crippen LogP contribution in [0.3, 0.4) is 0 Å². The van der Waals surface area contributed by atoms with Gasteiger partial charge in [-0.05, 0) is 42.7 Å². The third kappa shape index (κ3) is 7.11. The molecule has 7 nitrogen and oxygen atoms in total. The lowest BCUT2D eigenvalue weighted by Gasteiger charge is -2.50. The molecule has 6 atom stereocenters. The number of rotatable bonds is 7. The lowest BCUT2D eigenvalue weighted by Crippen LogP contribution is -2.65. The molecule has 2 unspecified atom stereocenters. The summed E-state index contributed by atoms with van der Waals surface area (Å²) in [6.07, 6.45) is 0.246. The number of esters is 1. The fourth-order valence-electron chi connectivity index (χ4n) is 3.84. The summed E-state index contributed by atoms with van der Waals surface area (Å²) in [5, 5.41) is 0.246. The molecule has 0 bridgehead atoms. The molecule has 2 fully saturated rings. The smallest absolute Gasteiger partial charge is 0.303 e. The van der Waals surface area contributed by atoms with Crippen molar-refractivity contribution in [2.75, 3.05) is 13.2 Å². The van der Waals surface area contributed by atoms with Crippen molar-refractivity contribution in [3.63, 3.8) is 0 Å². The van der Waals surface area contributed by atoms with Gasteiger partial charge in [-0.3, -0.25) is 4.79 Å². The molecule has 0 aromatic heterocycles. The first-order valence-electron chi connectivity index (χ1n) is 12.4. The van der Waals surface area contributed by atoms with E-state index in [2.05, 4.69) is 67.7 Å². The van der Waals surface area contributed by atoms with Gasteiger partial charge in [-0.2, -0.15) is 0 Å². The Kier molecular flexibility index (Phi) is 9.09. The van der Waals surface area contributed by atoms with E-state index in [0.29, 0.717) is 6.61 Å². The van der Waals surface area contributed by atoms with E-state index < -0.39 is 28.8 Å². The van der Waals surface area contributed by atoms with Crippen molar-refractivity contribution in [1.29, 1.82) is 0 Å². The largest absolute Gasteiger partial charge is 0.458 e. The van der Waals surface area contributed by atoms with Crippen LogP contribution in [0.1, 0.15) is 61.3 Å². The normalized spacial score (nSPS) is 31.8. The zero-order chi connectivity index (χ0) is 25.4. The van der Waals surface area contributed by atoms with Crippen molar-refractivity contribution < 1.29 is 27.9 Å². The average molecular weight is 504 g/mol. The molecule has 2 aliphatic heterocycles. The molecule has 2 rings (SSSR count). The quantitative estimate of drug-likeness (QED) is 0.401. The van der Waals surface area contributed by atoms with E-state index in [9.17, 15) is 4.79 Å². The summed E-state index contributed by atoms with van der Waals surface area (Å²) >= 11 is 0. The van der Waals surface area contributed by atoms with Crippen LogP contribution in [0.2, 0.25) is 36.3 Å². The molecule has 33 heavy (non-hydrogen) atoms. The Labute approximate surface area is 203 Å². The van der Waals surface area contributed by atoms with Crippen LogP contribution in [-0.2, 0) is 27.9 Å². The van der Waals surface area contributed by atoms with E-state index in [1.54, 1.807) is 0 Å². The minimum atomic E-state index is -2.02. The van der Waals surface area contributed by atoms with Gasteiger partial charge in [-0.25, -0.2) is 0 Å². The van der Waals surface area contributed by atoms with Crippen molar-refractivity contribution in [2.45, 2.75) is 134 Å². The number of nitrogens with two attached hydrogens (primary N) is 1. The summed E-state index contributed by atoms with van der Waals surface area (Å²) in [4.78, 5) is 11.5. The van der Waals surface area contributed by atoms with Gasteiger partial charge in [0.05, 0.1) is 31.0 Å². The first-order valence-corrected chi connectivity index (χ1v) is 18.2. The molecular weight excluding hydrogens is 454 g/mol. The van der Waals surface area contributed by atoms with Crippen LogP contribution >= 0.6 is 0 Å². The third-order valence-electron chi connectivity index (χ3n) is 8.10. The van der Waals surface area contributed by atoms with Gasteiger partial charge in [0.25, 0.3) is 0 Å². The van der Waals surface area contributed by atoms with Crippen LogP contribution in [0.25, 0.3) is 0 Å². The van der Waals surface area contributed by atoms with Gasteiger partial charge in [0.1, 0.15) is 12.2 Å². The molecule has 0 saturated carbocycles.